The number of hydrogen-bond acceptors (Lipinski definition) is 5. The summed E-state index contributed by atoms with van der Waals surface area (Å²) in [4.78, 5) is 24.7. The van der Waals surface area contributed by atoms with Gasteiger partial charge in [0.15, 0.2) is 11.5 Å². The van der Waals surface area contributed by atoms with Gasteiger partial charge in [0.05, 0.1) is 0 Å². The van der Waals surface area contributed by atoms with Crippen molar-refractivity contribution >= 4 is 44.9 Å². The molecule has 0 aliphatic carbocycles. The zero-order chi connectivity index (χ0) is 21.0. The van der Waals surface area contributed by atoms with Crippen LogP contribution < -0.4 is 16.4 Å². The molecule has 3 aromatic rings. The van der Waals surface area contributed by atoms with Crippen LogP contribution in [0.2, 0.25) is 0 Å². The summed E-state index contributed by atoms with van der Waals surface area (Å²) < 4.78 is 2.08. The number of halogens is 1. The molecule has 0 bridgehead atoms. The fourth-order valence-corrected chi connectivity index (χ4v) is 2.87. The van der Waals surface area contributed by atoms with E-state index in [0.29, 0.717) is 17.3 Å². The summed E-state index contributed by atoms with van der Waals surface area (Å²) in [5.74, 6) is -0.388. The zero-order valence-electron chi connectivity index (χ0n) is 16.0. The van der Waals surface area contributed by atoms with Crippen LogP contribution in [0.4, 0.5) is 17.2 Å². The van der Waals surface area contributed by atoms with E-state index in [2.05, 4.69) is 50.7 Å². The second-order valence-corrected chi connectivity index (χ2v) is 7.68. The standard InChI is InChI=1S/C20H21BrN6O2/c1-12(2)13-3-7-15(8-4-13)23-17(28)11-27-19(22)18(25-26-27)20(29)24-16-9-5-14(21)6-10-16/h3-10,12H,11,22H2,1-2H3,(H,23,28)(H,24,29). The van der Waals surface area contributed by atoms with E-state index in [9.17, 15) is 9.59 Å². The normalized spacial score (nSPS) is 10.8. The smallest absolute Gasteiger partial charge is 0.280 e. The highest BCUT2D eigenvalue weighted by Gasteiger charge is 2.19. The van der Waals surface area contributed by atoms with Crippen LogP contribution >= 0.6 is 15.9 Å². The van der Waals surface area contributed by atoms with Crippen LogP contribution in [-0.2, 0) is 11.3 Å². The molecule has 0 atom stereocenters. The minimum absolute atomic E-state index is 0.0184. The summed E-state index contributed by atoms with van der Waals surface area (Å²) in [5.41, 5.74) is 8.38. The van der Waals surface area contributed by atoms with Gasteiger partial charge in [-0.15, -0.1) is 5.10 Å². The summed E-state index contributed by atoms with van der Waals surface area (Å²) >= 11 is 3.33. The second kappa shape index (κ2) is 8.87. The van der Waals surface area contributed by atoms with Crippen molar-refractivity contribution in [3.05, 3.63) is 64.3 Å². The van der Waals surface area contributed by atoms with Crippen LogP contribution in [0.3, 0.4) is 0 Å². The zero-order valence-corrected chi connectivity index (χ0v) is 17.6. The Bertz CT molecular complexity index is 1010. The number of carbonyl (C=O) groups is 2. The molecule has 2 aromatic carbocycles. The fraction of sp³-hybridized carbons (Fsp3) is 0.200. The summed E-state index contributed by atoms with van der Waals surface area (Å²) in [6, 6.07) is 14.7. The summed E-state index contributed by atoms with van der Waals surface area (Å²) in [5, 5.41) is 13.1. The Morgan fingerprint density at radius 3 is 2.24 bits per heavy atom. The predicted octanol–water partition coefficient (Wildman–Crippen LogP) is 3.64. The Labute approximate surface area is 176 Å². The average molecular weight is 457 g/mol. The summed E-state index contributed by atoms with van der Waals surface area (Å²) in [6.45, 7) is 4.05. The van der Waals surface area contributed by atoms with Crippen LogP contribution in [0.1, 0.15) is 35.8 Å². The third-order valence-corrected chi connectivity index (χ3v) is 4.77. The number of carbonyl (C=O) groups excluding carboxylic acids is 2. The highest BCUT2D eigenvalue weighted by atomic mass is 79.9. The van der Waals surface area contributed by atoms with E-state index in [-0.39, 0.29) is 24.0 Å². The molecular formula is C20H21BrN6O2. The third-order valence-electron chi connectivity index (χ3n) is 4.25. The number of anilines is 3. The van der Waals surface area contributed by atoms with Gasteiger partial charge in [-0.2, -0.15) is 0 Å². The molecule has 0 fully saturated rings. The van der Waals surface area contributed by atoms with Gasteiger partial charge in [-0.05, 0) is 47.9 Å². The minimum Gasteiger partial charge on any atom is -0.382 e. The average Bonchev–Trinajstić information content (AvgIpc) is 3.04. The molecule has 0 aliphatic heterocycles. The van der Waals surface area contributed by atoms with Gasteiger partial charge in [-0.25, -0.2) is 4.68 Å². The van der Waals surface area contributed by atoms with Crippen LogP contribution in [0.5, 0.6) is 0 Å². The van der Waals surface area contributed by atoms with Gasteiger partial charge in [0.1, 0.15) is 6.54 Å². The molecule has 8 nitrogen and oxygen atoms in total. The SMILES string of the molecule is CC(C)c1ccc(NC(=O)Cn2nnc(C(=O)Nc3ccc(Br)cc3)c2N)cc1. The highest BCUT2D eigenvalue weighted by Crippen LogP contribution is 2.18. The number of amides is 2. The number of rotatable bonds is 6. The number of benzene rings is 2. The van der Waals surface area contributed by atoms with Crippen LogP contribution in [0, 0.1) is 0 Å². The topological polar surface area (TPSA) is 115 Å². The van der Waals surface area contributed by atoms with E-state index in [1.54, 1.807) is 24.3 Å². The first kappa shape index (κ1) is 20.5. The monoisotopic (exact) mass is 456 g/mol. The lowest BCUT2D eigenvalue weighted by Crippen LogP contribution is -2.21. The number of nitrogen functional groups attached to an aromatic ring is 1. The van der Waals surface area contributed by atoms with Crippen molar-refractivity contribution in [2.24, 2.45) is 0 Å². The summed E-state index contributed by atoms with van der Waals surface area (Å²) in [7, 11) is 0. The maximum Gasteiger partial charge on any atom is 0.280 e. The van der Waals surface area contributed by atoms with Crippen molar-refractivity contribution < 1.29 is 9.59 Å². The molecule has 29 heavy (non-hydrogen) atoms. The molecule has 0 unspecified atom stereocenters. The molecule has 9 heteroatoms. The molecule has 2 amide bonds. The number of nitrogens with one attached hydrogen (secondary N) is 2. The third kappa shape index (κ3) is 5.20. The lowest BCUT2D eigenvalue weighted by Gasteiger charge is -2.09. The minimum atomic E-state index is -0.499. The first-order valence-corrected chi connectivity index (χ1v) is 9.78. The first-order chi connectivity index (χ1) is 13.8. The van der Waals surface area contributed by atoms with E-state index < -0.39 is 5.91 Å². The predicted molar refractivity (Wildman–Crippen MR) is 116 cm³/mol. The number of aromatic nitrogens is 3. The van der Waals surface area contributed by atoms with Crippen molar-refractivity contribution in [3.63, 3.8) is 0 Å². The second-order valence-electron chi connectivity index (χ2n) is 6.77. The highest BCUT2D eigenvalue weighted by molar-refractivity contribution is 9.10. The first-order valence-electron chi connectivity index (χ1n) is 8.99. The molecule has 0 saturated heterocycles. The Morgan fingerprint density at radius 2 is 1.62 bits per heavy atom. The molecular weight excluding hydrogens is 436 g/mol. The van der Waals surface area contributed by atoms with Gasteiger partial charge >= 0.3 is 0 Å². The molecule has 0 radical (unpaired) electrons. The van der Waals surface area contributed by atoms with E-state index >= 15 is 0 Å². The molecule has 0 saturated carbocycles. The largest absolute Gasteiger partial charge is 0.382 e. The molecule has 3 rings (SSSR count). The van der Waals surface area contributed by atoms with E-state index in [4.69, 9.17) is 5.73 Å². The van der Waals surface area contributed by atoms with Crippen molar-refractivity contribution in [3.8, 4) is 0 Å². The molecule has 150 valence electrons. The van der Waals surface area contributed by atoms with Crippen LogP contribution in [0.15, 0.2) is 53.0 Å². The van der Waals surface area contributed by atoms with E-state index in [0.717, 1.165) is 4.47 Å². The molecule has 1 heterocycles. The van der Waals surface area contributed by atoms with Gasteiger partial charge in [0.25, 0.3) is 5.91 Å². The molecule has 4 N–H and O–H groups in total. The van der Waals surface area contributed by atoms with Gasteiger partial charge in [0.2, 0.25) is 5.91 Å². The molecule has 0 aliphatic rings. The molecule has 1 aromatic heterocycles. The fourth-order valence-electron chi connectivity index (χ4n) is 2.61. The van der Waals surface area contributed by atoms with Crippen molar-refractivity contribution in [2.75, 3.05) is 16.4 Å². The van der Waals surface area contributed by atoms with Crippen molar-refractivity contribution in [2.45, 2.75) is 26.3 Å². The van der Waals surface area contributed by atoms with Gasteiger partial charge in [-0.3, -0.25) is 9.59 Å². The van der Waals surface area contributed by atoms with Gasteiger partial charge in [-0.1, -0.05) is 47.1 Å². The quantitative estimate of drug-likeness (QED) is 0.523. The van der Waals surface area contributed by atoms with Gasteiger partial charge < -0.3 is 16.4 Å². The van der Waals surface area contributed by atoms with E-state index in [1.165, 1.54) is 10.2 Å². The number of hydrogen-bond donors (Lipinski definition) is 3. The van der Waals surface area contributed by atoms with Crippen LogP contribution in [0.25, 0.3) is 0 Å². The molecule has 0 spiro atoms. The Hall–Kier alpha value is -3.20. The van der Waals surface area contributed by atoms with Gasteiger partial charge in [0, 0.05) is 15.8 Å². The lowest BCUT2D eigenvalue weighted by molar-refractivity contribution is -0.116. The van der Waals surface area contributed by atoms with Crippen molar-refractivity contribution in [1.82, 2.24) is 15.0 Å². The Morgan fingerprint density at radius 1 is 1.03 bits per heavy atom. The number of nitrogens with two attached hydrogens (primary N) is 1. The van der Waals surface area contributed by atoms with E-state index in [1.807, 2.05) is 24.3 Å². The Balaban J connectivity index is 1.63. The Kier molecular flexibility index (Phi) is 6.28. The van der Waals surface area contributed by atoms with Crippen LogP contribution in [-0.4, -0.2) is 26.8 Å². The lowest BCUT2D eigenvalue weighted by atomic mass is 10.0. The number of nitrogens with zero attached hydrogens (tertiary/aromatic N) is 3. The maximum atomic E-state index is 12.4. The summed E-state index contributed by atoms with van der Waals surface area (Å²) in [6.07, 6.45) is 0. The van der Waals surface area contributed by atoms with Crippen molar-refractivity contribution in [1.29, 1.82) is 0 Å². The maximum absolute atomic E-state index is 12.4.